The zero-order chi connectivity index (χ0) is 14.7. The van der Waals surface area contributed by atoms with Gasteiger partial charge >= 0.3 is 0 Å². The molecule has 0 amide bonds. The quantitative estimate of drug-likeness (QED) is 0.929. The number of aromatic nitrogens is 2. The fraction of sp³-hybridized carbons (Fsp3) is 0.333. The Balaban J connectivity index is 2.50. The van der Waals surface area contributed by atoms with Gasteiger partial charge in [0.25, 0.3) is 0 Å². The SMILES string of the molecule is CCNc1nnc(-c2ccc(Cl)c(OC)c2)c(C)c1C. The summed E-state index contributed by atoms with van der Waals surface area (Å²) in [6, 6.07) is 5.62. The number of hydrogen-bond acceptors (Lipinski definition) is 4. The lowest BCUT2D eigenvalue weighted by molar-refractivity contribution is 0.415. The first-order valence-electron chi connectivity index (χ1n) is 6.50. The van der Waals surface area contributed by atoms with Crippen molar-refractivity contribution in [1.82, 2.24) is 10.2 Å². The molecule has 0 aliphatic heterocycles. The molecule has 0 atom stereocenters. The first kappa shape index (κ1) is 14.6. The van der Waals surface area contributed by atoms with E-state index in [0.29, 0.717) is 10.8 Å². The van der Waals surface area contributed by atoms with Gasteiger partial charge in [0.05, 0.1) is 17.8 Å². The van der Waals surface area contributed by atoms with Crippen LogP contribution in [0.2, 0.25) is 5.02 Å². The highest BCUT2D eigenvalue weighted by Crippen LogP contribution is 2.32. The van der Waals surface area contributed by atoms with E-state index in [4.69, 9.17) is 16.3 Å². The molecule has 0 spiro atoms. The molecule has 4 nitrogen and oxygen atoms in total. The van der Waals surface area contributed by atoms with E-state index in [1.807, 2.05) is 39.0 Å². The van der Waals surface area contributed by atoms with Gasteiger partial charge in [0.15, 0.2) is 5.82 Å². The Morgan fingerprint density at radius 1 is 1.20 bits per heavy atom. The Morgan fingerprint density at radius 3 is 2.60 bits per heavy atom. The van der Waals surface area contributed by atoms with Crippen molar-refractivity contribution in [2.75, 3.05) is 19.0 Å². The molecule has 0 radical (unpaired) electrons. The fourth-order valence-corrected chi connectivity index (χ4v) is 2.22. The number of rotatable bonds is 4. The molecule has 2 rings (SSSR count). The summed E-state index contributed by atoms with van der Waals surface area (Å²) in [5.41, 5.74) is 3.99. The molecule has 0 saturated heterocycles. The van der Waals surface area contributed by atoms with Crippen molar-refractivity contribution in [2.24, 2.45) is 0 Å². The third-order valence-corrected chi connectivity index (χ3v) is 3.60. The minimum Gasteiger partial charge on any atom is -0.495 e. The standard InChI is InChI=1S/C15H18ClN3O/c1-5-17-15-10(3)9(2)14(18-19-15)11-6-7-12(16)13(8-11)20-4/h6-8H,5H2,1-4H3,(H,17,19). The molecule has 0 fully saturated rings. The van der Waals surface area contributed by atoms with E-state index in [9.17, 15) is 0 Å². The van der Waals surface area contributed by atoms with Crippen molar-refractivity contribution in [3.8, 4) is 17.0 Å². The highest BCUT2D eigenvalue weighted by Gasteiger charge is 2.12. The molecule has 0 bridgehead atoms. The molecule has 1 aromatic carbocycles. The molecule has 2 aromatic rings. The second-order valence-corrected chi connectivity index (χ2v) is 4.93. The molecule has 0 unspecified atom stereocenters. The summed E-state index contributed by atoms with van der Waals surface area (Å²) >= 11 is 6.05. The Hall–Kier alpha value is -1.81. The van der Waals surface area contributed by atoms with E-state index in [-0.39, 0.29) is 0 Å². The van der Waals surface area contributed by atoms with Crippen LogP contribution in [-0.2, 0) is 0 Å². The maximum atomic E-state index is 6.05. The second kappa shape index (κ2) is 6.09. The van der Waals surface area contributed by atoms with Gasteiger partial charge in [0.1, 0.15) is 5.75 Å². The normalized spacial score (nSPS) is 10.4. The second-order valence-electron chi connectivity index (χ2n) is 4.53. The number of nitrogens with zero attached hydrogens (tertiary/aromatic N) is 2. The van der Waals surface area contributed by atoms with Gasteiger partial charge in [-0.15, -0.1) is 10.2 Å². The van der Waals surface area contributed by atoms with Gasteiger partial charge in [-0.25, -0.2) is 0 Å². The summed E-state index contributed by atoms with van der Waals surface area (Å²) in [5, 5.41) is 12.4. The van der Waals surface area contributed by atoms with Crippen LogP contribution in [0.1, 0.15) is 18.1 Å². The van der Waals surface area contributed by atoms with E-state index in [1.54, 1.807) is 7.11 Å². The van der Waals surface area contributed by atoms with Gasteiger partial charge in [-0.05, 0) is 44.0 Å². The molecule has 20 heavy (non-hydrogen) atoms. The lowest BCUT2D eigenvalue weighted by atomic mass is 10.0. The monoisotopic (exact) mass is 291 g/mol. The zero-order valence-electron chi connectivity index (χ0n) is 12.1. The summed E-state index contributed by atoms with van der Waals surface area (Å²) in [6.07, 6.45) is 0. The van der Waals surface area contributed by atoms with Crippen LogP contribution >= 0.6 is 11.6 Å². The number of nitrogens with one attached hydrogen (secondary N) is 1. The van der Waals surface area contributed by atoms with Crippen LogP contribution in [0.3, 0.4) is 0 Å². The van der Waals surface area contributed by atoms with E-state index < -0.39 is 0 Å². The first-order chi connectivity index (χ1) is 9.58. The Morgan fingerprint density at radius 2 is 1.95 bits per heavy atom. The van der Waals surface area contributed by atoms with Gasteiger partial charge in [0, 0.05) is 12.1 Å². The summed E-state index contributed by atoms with van der Waals surface area (Å²) in [5.74, 6) is 1.47. The molecule has 1 aromatic heterocycles. The number of ether oxygens (including phenoxy) is 1. The van der Waals surface area contributed by atoms with Gasteiger partial charge in [-0.2, -0.15) is 0 Å². The van der Waals surface area contributed by atoms with Crippen LogP contribution < -0.4 is 10.1 Å². The number of methoxy groups -OCH3 is 1. The lowest BCUT2D eigenvalue weighted by Crippen LogP contribution is -2.06. The van der Waals surface area contributed by atoms with E-state index in [0.717, 1.165) is 34.7 Å². The zero-order valence-corrected chi connectivity index (χ0v) is 12.9. The maximum Gasteiger partial charge on any atom is 0.151 e. The van der Waals surface area contributed by atoms with Gasteiger partial charge in [-0.1, -0.05) is 17.7 Å². The highest BCUT2D eigenvalue weighted by atomic mass is 35.5. The van der Waals surface area contributed by atoms with E-state index in [2.05, 4.69) is 15.5 Å². The van der Waals surface area contributed by atoms with E-state index >= 15 is 0 Å². The number of hydrogen-bond donors (Lipinski definition) is 1. The summed E-state index contributed by atoms with van der Waals surface area (Å²) < 4.78 is 5.25. The minimum absolute atomic E-state index is 0.586. The topological polar surface area (TPSA) is 47.0 Å². The van der Waals surface area contributed by atoms with Gasteiger partial charge in [0.2, 0.25) is 0 Å². The fourth-order valence-electron chi connectivity index (χ4n) is 2.02. The molecule has 0 saturated carbocycles. The van der Waals surface area contributed by atoms with Crippen molar-refractivity contribution < 1.29 is 4.74 Å². The maximum absolute atomic E-state index is 6.05. The van der Waals surface area contributed by atoms with Gasteiger partial charge < -0.3 is 10.1 Å². The molecule has 0 aliphatic carbocycles. The van der Waals surface area contributed by atoms with Crippen molar-refractivity contribution in [2.45, 2.75) is 20.8 Å². The first-order valence-corrected chi connectivity index (χ1v) is 6.88. The molecule has 0 aliphatic rings. The Labute approximate surface area is 124 Å². The third-order valence-electron chi connectivity index (χ3n) is 3.29. The van der Waals surface area contributed by atoms with Crippen LogP contribution in [0.5, 0.6) is 5.75 Å². The van der Waals surface area contributed by atoms with E-state index in [1.165, 1.54) is 0 Å². The third kappa shape index (κ3) is 2.70. The van der Waals surface area contributed by atoms with Crippen LogP contribution in [0.4, 0.5) is 5.82 Å². The van der Waals surface area contributed by atoms with Crippen LogP contribution in [0.25, 0.3) is 11.3 Å². The number of anilines is 1. The van der Waals surface area contributed by atoms with Crippen molar-refractivity contribution >= 4 is 17.4 Å². The van der Waals surface area contributed by atoms with Crippen LogP contribution in [-0.4, -0.2) is 23.9 Å². The average Bonchev–Trinajstić information content (AvgIpc) is 2.45. The lowest BCUT2D eigenvalue weighted by Gasteiger charge is -2.12. The summed E-state index contributed by atoms with van der Waals surface area (Å²) in [6.45, 7) is 6.94. The molecule has 1 N–H and O–H groups in total. The minimum atomic E-state index is 0.586. The molecular formula is C15H18ClN3O. The predicted molar refractivity (Wildman–Crippen MR) is 82.7 cm³/mol. The molecule has 5 heteroatoms. The largest absolute Gasteiger partial charge is 0.495 e. The molecule has 106 valence electrons. The molecular weight excluding hydrogens is 274 g/mol. The average molecular weight is 292 g/mol. The summed E-state index contributed by atoms with van der Waals surface area (Å²) in [7, 11) is 1.60. The highest BCUT2D eigenvalue weighted by molar-refractivity contribution is 6.32. The number of halogens is 1. The Kier molecular flexibility index (Phi) is 4.45. The van der Waals surface area contributed by atoms with Crippen molar-refractivity contribution in [3.05, 3.63) is 34.3 Å². The van der Waals surface area contributed by atoms with Crippen LogP contribution in [0.15, 0.2) is 18.2 Å². The van der Waals surface area contributed by atoms with Crippen molar-refractivity contribution in [1.29, 1.82) is 0 Å². The summed E-state index contributed by atoms with van der Waals surface area (Å²) in [4.78, 5) is 0. The predicted octanol–water partition coefficient (Wildman–Crippen LogP) is 3.85. The smallest absolute Gasteiger partial charge is 0.151 e. The van der Waals surface area contributed by atoms with Crippen molar-refractivity contribution in [3.63, 3.8) is 0 Å². The number of benzene rings is 1. The molecule has 1 heterocycles. The van der Waals surface area contributed by atoms with Crippen LogP contribution in [0, 0.1) is 13.8 Å². The Bertz CT molecular complexity index is 629. The van der Waals surface area contributed by atoms with Gasteiger partial charge in [-0.3, -0.25) is 0 Å².